The lowest BCUT2D eigenvalue weighted by Gasteiger charge is -2.28. The molecule has 18 heavy (non-hydrogen) atoms. The average molecular weight is 253 g/mol. The van der Waals surface area contributed by atoms with Crippen LogP contribution >= 0.6 is 0 Å². The van der Waals surface area contributed by atoms with Gasteiger partial charge in [0.05, 0.1) is 7.11 Å². The first kappa shape index (κ1) is 12.8. The van der Waals surface area contributed by atoms with Crippen LogP contribution in [0.5, 0.6) is 0 Å². The third kappa shape index (κ3) is 1.92. The third-order valence-corrected chi connectivity index (χ3v) is 3.44. The number of methoxy groups -OCH3 is 1. The Hall–Kier alpha value is -1.69. The molecule has 98 valence electrons. The summed E-state index contributed by atoms with van der Waals surface area (Å²) in [7, 11) is 1.43. The molecule has 6 nitrogen and oxygen atoms in total. The maximum atomic E-state index is 11.9. The van der Waals surface area contributed by atoms with E-state index >= 15 is 0 Å². The highest BCUT2D eigenvalue weighted by molar-refractivity contribution is 6.08. The molecule has 1 heterocycles. The molecule has 0 unspecified atom stereocenters. The van der Waals surface area contributed by atoms with Crippen molar-refractivity contribution in [2.24, 2.45) is 0 Å². The first-order valence-electron chi connectivity index (χ1n) is 5.69. The fourth-order valence-corrected chi connectivity index (χ4v) is 2.59. The molecule has 1 aliphatic carbocycles. The first-order chi connectivity index (χ1) is 8.37. The van der Waals surface area contributed by atoms with Crippen molar-refractivity contribution in [1.82, 2.24) is 0 Å². The number of hydrogen-bond acceptors (Lipinski definition) is 5. The van der Waals surface area contributed by atoms with Gasteiger partial charge in [-0.1, -0.05) is 0 Å². The molecule has 0 saturated carbocycles. The number of ether oxygens (including phenoxy) is 2. The van der Waals surface area contributed by atoms with E-state index in [-0.39, 0.29) is 18.1 Å². The van der Waals surface area contributed by atoms with Gasteiger partial charge in [-0.05, 0) is 25.5 Å². The van der Waals surface area contributed by atoms with E-state index in [1.807, 2.05) is 0 Å². The number of hydrogen-bond donors (Lipinski definition) is 0. The summed E-state index contributed by atoms with van der Waals surface area (Å²) in [5.74, 6) is 0.0656. The van der Waals surface area contributed by atoms with Gasteiger partial charge in [0, 0.05) is 16.9 Å². The van der Waals surface area contributed by atoms with Gasteiger partial charge in [0.1, 0.15) is 11.7 Å². The topological polar surface area (TPSA) is 78.7 Å². The van der Waals surface area contributed by atoms with Crippen LogP contribution in [0.15, 0.2) is 23.0 Å². The van der Waals surface area contributed by atoms with E-state index < -0.39 is 16.6 Å². The molecular weight excluding hydrogens is 238 g/mol. The van der Waals surface area contributed by atoms with Crippen molar-refractivity contribution in [3.8, 4) is 0 Å². The number of fused-ring (bicyclic) bond motifs is 1. The molecule has 0 aromatic carbocycles. The van der Waals surface area contributed by atoms with Crippen molar-refractivity contribution < 1.29 is 19.2 Å². The Morgan fingerprint density at radius 1 is 1.67 bits per heavy atom. The number of carbonyl (C=O) groups excluding carboxylic acids is 1. The number of nitrogens with zero attached hydrogens (tertiary/aromatic N) is 1. The van der Waals surface area contributed by atoms with Crippen LogP contribution in [0.1, 0.15) is 20.3 Å². The average Bonchev–Trinajstić information content (AvgIpc) is 2.60. The van der Waals surface area contributed by atoms with E-state index in [1.165, 1.54) is 7.11 Å². The highest BCUT2D eigenvalue weighted by Crippen LogP contribution is 2.42. The number of allylic oxidation sites excluding steroid dienone is 1. The fourth-order valence-electron chi connectivity index (χ4n) is 2.59. The second-order valence-electron chi connectivity index (χ2n) is 4.71. The van der Waals surface area contributed by atoms with Crippen LogP contribution in [0.4, 0.5) is 0 Å². The predicted octanol–water partition coefficient (Wildman–Crippen LogP) is 1.24. The van der Waals surface area contributed by atoms with Gasteiger partial charge in [0.2, 0.25) is 12.3 Å². The monoisotopic (exact) mass is 253 g/mol. The van der Waals surface area contributed by atoms with Crippen molar-refractivity contribution in [3.05, 3.63) is 33.1 Å². The lowest BCUT2D eigenvalue weighted by Crippen LogP contribution is -2.32. The zero-order valence-corrected chi connectivity index (χ0v) is 10.6. The minimum absolute atomic E-state index is 0.171. The van der Waals surface area contributed by atoms with Crippen LogP contribution in [0.25, 0.3) is 0 Å². The number of rotatable bonds is 3. The summed E-state index contributed by atoms with van der Waals surface area (Å²) in [6.45, 7) is 3.26. The molecule has 0 spiro atoms. The van der Waals surface area contributed by atoms with Gasteiger partial charge in [-0.25, -0.2) is 0 Å². The highest BCUT2D eigenvalue weighted by atomic mass is 16.6. The molecule has 1 saturated heterocycles. The van der Waals surface area contributed by atoms with Crippen LogP contribution in [-0.4, -0.2) is 36.1 Å². The summed E-state index contributed by atoms with van der Waals surface area (Å²) in [5.41, 5.74) is 0.632. The molecule has 0 amide bonds. The van der Waals surface area contributed by atoms with E-state index in [4.69, 9.17) is 9.47 Å². The highest BCUT2D eigenvalue weighted by Gasteiger charge is 2.46. The summed E-state index contributed by atoms with van der Waals surface area (Å²) in [6, 6.07) is 0. The van der Waals surface area contributed by atoms with Crippen molar-refractivity contribution in [1.29, 1.82) is 0 Å². The van der Waals surface area contributed by atoms with Crippen LogP contribution in [0.2, 0.25) is 0 Å². The molecule has 1 fully saturated rings. The van der Waals surface area contributed by atoms with E-state index in [2.05, 4.69) is 0 Å². The normalized spacial score (nSPS) is 31.2. The number of ketones is 1. The standard InChI is InChI=1S/C12H15NO5/c1-7-9-4-8(6-13(15)16)18-12(9,2)5-10(17-3)11(7)14/h5,8H,4,6H2,1-3H3/t8-,12+/m1/s1. The Kier molecular flexibility index (Phi) is 2.98. The summed E-state index contributed by atoms with van der Waals surface area (Å²) in [4.78, 5) is 22.1. The summed E-state index contributed by atoms with van der Waals surface area (Å²) >= 11 is 0. The predicted molar refractivity (Wildman–Crippen MR) is 62.6 cm³/mol. The molecule has 2 atom stereocenters. The number of carbonyl (C=O) groups is 1. The maximum absolute atomic E-state index is 11.9. The zero-order valence-electron chi connectivity index (χ0n) is 10.6. The first-order valence-corrected chi connectivity index (χ1v) is 5.69. The molecule has 0 radical (unpaired) electrons. The lowest BCUT2D eigenvalue weighted by molar-refractivity contribution is -0.491. The Bertz CT molecular complexity index is 479. The van der Waals surface area contributed by atoms with Gasteiger partial charge < -0.3 is 9.47 Å². The lowest BCUT2D eigenvalue weighted by atomic mass is 9.84. The largest absolute Gasteiger partial charge is 0.493 e. The Balaban J connectivity index is 2.34. The van der Waals surface area contributed by atoms with E-state index in [0.717, 1.165) is 5.57 Å². The fraction of sp³-hybridized carbons (Fsp3) is 0.583. The third-order valence-electron chi connectivity index (χ3n) is 3.44. The second kappa shape index (κ2) is 4.20. The Morgan fingerprint density at radius 2 is 2.33 bits per heavy atom. The SMILES string of the molecule is COC1=C[C@]2(C)O[C@@H](C[N+](=O)[O-])CC2=C(C)C1=O. The zero-order chi connectivity index (χ0) is 13.5. The molecule has 2 aliphatic rings. The molecule has 6 heteroatoms. The Labute approximate surface area is 104 Å². The molecule has 1 aliphatic heterocycles. The van der Waals surface area contributed by atoms with Crippen LogP contribution in [0.3, 0.4) is 0 Å². The van der Waals surface area contributed by atoms with Crippen LogP contribution in [0, 0.1) is 10.1 Å². The molecule has 0 N–H and O–H groups in total. The van der Waals surface area contributed by atoms with Crippen LogP contribution < -0.4 is 0 Å². The van der Waals surface area contributed by atoms with Gasteiger partial charge in [-0.15, -0.1) is 0 Å². The number of nitro groups is 1. The minimum Gasteiger partial charge on any atom is -0.493 e. The van der Waals surface area contributed by atoms with Crippen molar-refractivity contribution in [2.45, 2.75) is 32.0 Å². The summed E-state index contributed by atoms with van der Waals surface area (Å²) in [5, 5.41) is 10.5. The molecule has 0 aromatic rings. The van der Waals surface area contributed by atoms with Gasteiger partial charge in [0.15, 0.2) is 5.76 Å². The second-order valence-corrected chi connectivity index (χ2v) is 4.71. The molecule has 0 aromatic heterocycles. The van der Waals surface area contributed by atoms with Crippen molar-refractivity contribution in [2.75, 3.05) is 13.7 Å². The van der Waals surface area contributed by atoms with Crippen molar-refractivity contribution >= 4 is 5.78 Å². The summed E-state index contributed by atoms with van der Waals surface area (Å²) in [6.07, 6.45) is 1.54. The number of Topliss-reactive ketones (excluding diaryl/α,β-unsaturated/α-hetero) is 1. The van der Waals surface area contributed by atoms with Gasteiger partial charge >= 0.3 is 0 Å². The smallest absolute Gasteiger partial charge is 0.230 e. The van der Waals surface area contributed by atoms with E-state index in [1.54, 1.807) is 19.9 Å². The maximum Gasteiger partial charge on any atom is 0.230 e. The van der Waals surface area contributed by atoms with Crippen LogP contribution in [-0.2, 0) is 14.3 Å². The molecular formula is C12H15NO5. The summed E-state index contributed by atoms with van der Waals surface area (Å²) < 4.78 is 10.7. The van der Waals surface area contributed by atoms with Gasteiger partial charge in [-0.2, -0.15) is 0 Å². The van der Waals surface area contributed by atoms with Crippen molar-refractivity contribution in [3.63, 3.8) is 0 Å². The van der Waals surface area contributed by atoms with E-state index in [9.17, 15) is 14.9 Å². The van der Waals surface area contributed by atoms with Gasteiger partial charge in [-0.3, -0.25) is 14.9 Å². The molecule has 2 rings (SSSR count). The molecule has 0 bridgehead atoms. The minimum atomic E-state index is -0.760. The van der Waals surface area contributed by atoms with Gasteiger partial charge in [0.25, 0.3) is 0 Å². The van der Waals surface area contributed by atoms with E-state index in [0.29, 0.717) is 12.0 Å². The Morgan fingerprint density at radius 3 is 2.89 bits per heavy atom. The quantitative estimate of drug-likeness (QED) is 0.558.